The van der Waals surface area contributed by atoms with Crippen LogP contribution in [0.25, 0.3) is 0 Å². The van der Waals surface area contributed by atoms with Gasteiger partial charge in [-0.1, -0.05) is 30.3 Å². The molecule has 0 saturated carbocycles. The molecular formula is C12H13N3O3. The summed E-state index contributed by atoms with van der Waals surface area (Å²) in [6.07, 6.45) is -0.134. The Bertz CT molecular complexity index is 457. The van der Waals surface area contributed by atoms with Gasteiger partial charge in [0.05, 0.1) is 0 Å². The molecule has 1 aromatic carbocycles. The topological polar surface area (TPSA) is 87.3 Å². The normalized spacial score (nSPS) is 15.1. The summed E-state index contributed by atoms with van der Waals surface area (Å²) in [5, 5.41) is 2.67. The van der Waals surface area contributed by atoms with Gasteiger partial charge in [-0.25, -0.2) is 0 Å². The second kappa shape index (κ2) is 5.31. The maximum absolute atomic E-state index is 11.6. The standard InChI is InChI=1S/C12H13N3O3/c16-10(6-9-11(17)14-15-12(9)18)13-7-8-4-2-1-3-5-8/h1-5,9H,6-7H2,(H,13,16)(H,14,17)(H,15,18). The molecule has 0 atom stereocenters. The summed E-state index contributed by atoms with van der Waals surface area (Å²) >= 11 is 0. The molecule has 1 aromatic rings. The number of nitrogens with one attached hydrogen (secondary N) is 3. The summed E-state index contributed by atoms with van der Waals surface area (Å²) in [4.78, 5) is 34.0. The minimum Gasteiger partial charge on any atom is -0.352 e. The lowest BCUT2D eigenvalue weighted by Gasteiger charge is -2.06. The molecule has 94 valence electrons. The third-order valence-corrected chi connectivity index (χ3v) is 2.66. The first-order valence-electron chi connectivity index (χ1n) is 5.57. The molecule has 0 spiro atoms. The number of hydrogen-bond acceptors (Lipinski definition) is 3. The Morgan fingerprint density at radius 2 is 1.72 bits per heavy atom. The lowest BCUT2D eigenvalue weighted by molar-refractivity contribution is -0.133. The van der Waals surface area contributed by atoms with Crippen molar-refractivity contribution in [2.75, 3.05) is 0 Å². The second-order valence-corrected chi connectivity index (χ2v) is 4.00. The predicted molar refractivity (Wildman–Crippen MR) is 62.7 cm³/mol. The molecule has 1 saturated heterocycles. The summed E-state index contributed by atoms with van der Waals surface area (Å²) in [5.41, 5.74) is 5.32. The average Bonchev–Trinajstić information content (AvgIpc) is 2.69. The lowest BCUT2D eigenvalue weighted by Crippen LogP contribution is -2.29. The monoisotopic (exact) mass is 247 g/mol. The Hall–Kier alpha value is -2.37. The predicted octanol–water partition coefficient (Wildman–Crippen LogP) is -0.530. The summed E-state index contributed by atoms with van der Waals surface area (Å²) in [5.74, 6) is -2.18. The fourth-order valence-electron chi connectivity index (χ4n) is 1.66. The van der Waals surface area contributed by atoms with Crippen molar-refractivity contribution in [2.45, 2.75) is 13.0 Å². The van der Waals surface area contributed by atoms with Gasteiger partial charge in [-0.2, -0.15) is 0 Å². The maximum atomic E-state index is 11.6. The Kier molecular flexibility index (Phi) is 3.57. The van der Waals surface area contributed by atoms with Crippen LogP contribution in [-0.4, -0.2) is 17.7 Å². The van der Waals surface area contributed by atoms with E-state index >= 15 is 0 Å². The van der Waals surface area contributed by atoms with Crippen molar-refractivity contribution in [1.82, 2.24) is 16.2 Å². The van der Waals surface area contributed by atoms with E-state index in [1.165, 1.54) is 0 Å². The molecule has 0 radical (unpaired) electrons. The molecular weight excluding hydrogens is 234 g/mol. The first kappa shape index (κ1) is 12.1. The van der Waals surface area contributed by atoms with Crippen LogP contribution >= 0.6 is 0 Å². The molecule has 0 aromatic heterocycles. The number of hydrazine groups is 1. The minimum absolute atomic E-state index is 0.134. The van der Waals surface area contributed by atoms with E-state index in [1.54, 1.807) is 0 Å². The first-order valence-corrected chi connectivity index (χ1v) is 5.57. The van der Waals surface area contributed by atoms with Crippen LogP contribution in [0.3, 0.4) is 0 Å². The minimum atomic E-state index is -0.930. The molecule has 0 unspecified atom stereocenters. The zero-order chi connectivity index (χ0) is 13.0. The highest BCUT2D eigenvalue weighted by Crippen LogP contribution is 2.07. The van der Waals surface area contributed by atoms with E-state index in [0.29, 0.717) is 6.54 Å². The van der Waals surface area contributed by atoms with Crippen LogP contribution in [-0.2, 0) is 20.9 Å². The van der Waals surface area contributed by atoms with E-state index in [-0.39, 0.29) is 12.3 Å². The second-order valence-electron chi connectivity index (χ2n) is 4.00. The Labute approximate surface area is 104 Å². The average molecular weight is 247 g/mol. The van der Waals surface area contributed by atoms with Gasteiger partial charge in [0.15, 0.2) is 0 Å². The third kappa shape index (κ3) is 2.85. The summed E-state index contributed by atoms with van der Waals surface area (Å²) < 4.78 is 0. The van der Waals surface area contributed by atoms with Crippen LogP contribution in [0.15, 0.2) is 30.3 Å². The summed E-state index contributed by atoms with van der Waals surface area (Å²) in [6.45, 7) is 0.385. The fraction of sp³-hybridized carbons (Fsp3) is 0.250. The third-order valence-electron chi connectivity index (χ3n) is 2.66. The van der Waals surface area contributed by atoms with E-state index < -0.39 is 17.7 Å². The fourth-order valence-corrected chi connectivity index (χ4v) is 1.66. The molecule has 3 amide bonds. The molecule has 6 nitrogen and oxygen atoms in total. The van der Waals surface area contributed by atoms with Crippen LogP contribution in [0.5, 0.6) is 0 Å². The van der Waals surface area contributed by atoms with Crippen molar-refractivity contribution in [1.29, 1.82) is 0 Å². The smallest absolute Gasteiger partial charge is 0.251 e. The maximum Gasteiger partial charge on any atom is 0.251 e. The molecule has 1 aliphatic heterocycles. The SMILES string of the molecule is O=C(CC1C(=O)NNC1=O)NCc1ccccc1. The quantitative estimate of drug-likeness (QED) is 0.625. The Morgan fingerprint density at radius 1 is 1.11 bits per heavy atom. The summed E-state index contributed by atoms with van der Waals surface area (Å²) in [6, 6.07) is 9.40. The number of hydrogen-bond donors (Lipinski definition) is 3. The van der Waals surface area contributed by atoms with Gasteiger partial charge in [-0.15, -0.1) is 0 Å². The van der Waals surface area contributed by atoms with E-state index in [2.05, 4.69) is 16.2 Å². The van der Waals surface area contributed by atoms with Crippen LogP contribution in [0.1, 0.15) is 12.0 Å². The van der Waals surface area contributed by atoms with E-state index in [4.69, 9.17) is 0 Å². The van der Waals surface area contributed by atoms with Crippen LogP contribution < -0.4 is 16.2 Å². The molecule has 1 heterocycles. The molecule has 6 heteroatoms. The van der Waals surface area contributed by atoms with Crippen molar-refractivity contribution >= 4 is 17.7 Å². The van der Waals surface area contributed by atoms with Gasteiger partial charge >= 0.3 is 0 Å². The van der Waals surface area contributed by atoms with Gasteiger partial charge in [0.25, 0.3) is 11.8 Å². The zero-order valence-corrected chi connectivity index (χ0v) is 9.60. The highest BCUT2D eigenvalue weighted by atomic mass is 16.2. The highest BCUT2D eigenvalue weighted by Gasteiger charge is 2.34. The molecule has 0 bridgehead atoms. The van der Waals surface area contributed by atoms with E-state index in [9.17, 15) is 14.4 Å². The number of rotatable bonds is 4. The van der Waals surface area contributed by atoms with E-state index in [0.717, 1.165) is 5.56 Å². The number of carbonyl (C=O) groups is 3. The van der Waals surface area contributed by atoms with Gasteiger partial charge < -0.3 is 5.32 Å². The Balaban J connectivity index is 1.82. The number of amides is 3. The number of benzene rings is 1. The molecule has 3 N–H and O–H groups in total. The van der Waals surface area contributed by atoms with Crippen LogP contribution in [0, 0.1) is 5.92 Å². The van der Waals surface area contributed by atoms with Crippen molar-refractivity contribution in [3.05, 3.63) is 35.9 Å². The zero-order valence-electron chi connectivity index (χ0n) is 9.60. The Morgan fingerprint density at radius 3 is 2.33 bits per heavy atom. The van der Waals surface area contributed by atoms with Crippen molar-refractivity contribution in [3.63, 3.8) is 0 Å². The first-order chi connectivity index (χ1) is 8.66. The van der Waals surface area contributed by atoms with Crippen LogP contribution in [0.4, 0.5) is 0 Å². The van der Waals surface area contributed by atoms with Gasteiger partial charge in [0, 0.05) is 13.0 Å². The molecule has 2 rings (SSSR count). The molecule has 1 fully saturated rings. The molecule has 18 heavy (non-hydrogen) atoms. The number of carbonyl (C=O) groups excluding carboxylic acids is 3. The van der Waals surface area contributed by atoms with Crippen molar-refractivity contribution < 1.29 is 14.4 Å². The van der Waals surface area contributed by atoms with Gasteiger partial charge in [0.1, 0.15) is 5.92 Å². The van der Waals surface area contributed by atoms with E-state index in [1.807, 2.05) is 30.3 Å². The van der Waals surface area contributed by atoms with Gasteiger partial charge in [-0.3, -0.25) is 25.2 Å². The van der Waals surface area contributed by atoms with Gasteiger partial charge in [-0.05, 0) is 5.56 Å². The summed E-state index contributed by atoms with van der Waals surface area (Å²) in [7, 11) is 0. The molecule has 0 aliphatic carbocycles. The molecule has 1 aliphatic rings. The van der Waals surface area contributed by atoms with Crippen LogP contribution in [0.2, 0.25) is 0 Å². The van der Waals surface area contributed by atoms with Gasteiger partial charge in [0.2, 0.25) is 5.91 Å². The van der Waals surface area contributed by atoms with Crippen molar-refractivity contribution in [2.24, 2.45) is 5.92 Å². The highest BCUT2D eigenvalue weighted by molar-refractivity contribution is 6.07. The largest absolute Gasteiger partial charge is 0.352 e. The lowest BCUT2D eigenvalue weighted by atomic mass is 10.1. The van der Waals surface area contributed by atoms with Crippen molar-refractivity contribution in [3.8, 4) is 0 Å².